The summed E-state index contributed by atoms with van der Waals surface area (Å²) in [6, 6.07) is 13.9. The summed E-state index contributed by atoms with van der Waals surface area (Å²) in [7, 11) is 0. The number of rotatable bonds is 2. The van der Waals surface area contributed by atoms with Crippen LogP contribution in [-0.2, 0) is 5.60 Å². The third kappa shape index (κ3) is 2.17. The van der Waals surface area contributed by atoms with Gasteiger partial charge in [-0.15, -0.1) is 0 Å². The molecule has 0 unspecified atom stereocenters. The SMILES string of the molecule is CC(C)(O)c1cc2snc(-c3ccccc3)c2cc1N. The molecule has 2 aromatic carbocycles. The van der Waals surface area contributed by atoms with Gasteiger partial charge in [0.25, 0.3) is 0 Å². The molecule has 0 radical (unpaired) electrons. The maximum absolute atomic E-state index is 10.2. The van der Waals surface area contributed by atoms with E-state index in [1.165, 1.54) is 11.5 Å². The molecule has 0 spiro atoms. The molecule has 1 heterocycles. The maximum atomic E-state index is 10.2. The summed E-state index contributed by atoms with van der Waals surface area (Å²) in [6.07, 6.45) is 0. The second-order valence-corrected chi connectivity index (χ2v) is 6.20. The Morgan fingerprint density at radius 2 is 1.85 bits per heavy atom. The molecule has 0 atom stereocenters. The maximum Gasteiger partial charge on any atom is 0.0920 e. The number of anilines is 1. The number of hydrogen-bond acceptors (Lipinski definition) is 4. The van der Waals surface area contributed by atoms with Crippen LogP contribution in [0.4, 0.5) is 5.69 Å². The molecule has 0 fully saturated rings. The largest absolute Gasteiger partial charge is 0.398 e. The van der Waals surface area contributed by atoms with Crippen LogP contribution in [0.15, 0.2) is 42.5 Å². The summed E-state index contributed by atoms with van der Waals surface area (Å²) in [6.45, 7) is 3.48. The fraction of sp³-hybridized carbons (Fsp3) is 0.188. The first-order valence-corrected chi connectivity index (χ1v) is 7.21. The van der Waals surface area contributed by atoms with Crippen molar-refractivity contribution < 1.29 is 5.11 Å². The van der Waals surface area contributed by atoms with Crippen molar-refractivity contribution in [1.82, 2.24) is 4.37 Å². The zero-order chi connectivity index (χ0) is 14.3. The van der Waals surface area contributed by atoms with Gasteiger partial charge in [0.15, 0.2) is 0 Å². The minimum absolute atomic E-state index is 0.599. The van der Waals surface area contributed by atoms with Gasteiger partial charge in [-0.3, -0.25) is 0 Å². The van der Waals surface area contributed by atoms with Gasteiger partial charge >= 0.3 is 0 Å². The Morgan fingerprint density at radius 3 is 2.50 bits per heavy atom. The van der Waals surface area contributed by atoms with E-state index in [9.17, 15) is 5.11 Å². The quantitative estimate of drug-likeness (QED) is 0.704. The van der Waals surface area contributed by atoms with Crippen LogP contribution in [0.2, 0.25) is 0 Å². The number of nitrogens with zero attached hydrogens (tertiary/aromatic N) is 1. The molecule has 0 amide bonds. The van der Waals surface area contributed by atoms with E-state index in [0.717, 1.165) is 26.9 Å². The fourth-order valence-electron chi connectivity index (χ4n) is 2.34. The molecule has 0 bridgehead atoms. The van der Waals surface area contributed by atoms with E-state index in [-0.39, 0.29) is 0 Å². The van der Waals surface area contributed by atoms with E-state index in [4.69, 9.17) is 5.73 Å². The Bertz CT molecular complexity index is 757. The molecule has 1 aromatic heterocycles. The zero-order valence-electron chi connectivity index (χ0n) is 11.4. The van der Waals surface area contributed by atoms with Gasteiger partial charge in [-0.2, -0.15) is 4.37 Å². The first kappa shape index (κ1) is 13.1. The van der Waals surface area contributed by atoms with Gasteiger partial charge in [-0.25, -0.2) is 0 Å². The van der Waals surface area contributed by atoms with E-state index in [1.807, 2.05) is 42.5 Å². The molecule has 20 heavy (non-hydrogen) atoms. The molecule has 102 valence electrons. The lowest BCUT2D eigenvalue weighted by Gasteiger charge is -2.20. The molecular formula is C16H16N2OS. The molecule has 0 aliphatic rings. The van der Waals surface area contributed by atoms with E-state index in [2.05, 4.69) is 4.37 Å². The predicted octanol–water partition coefficient (Wildman–Crippen LogP) is 3.77. The summed E-state index contributed by atoms with van der Waals surface area (Å²) in [5, 5.41) is 11.2. The zero-order valence-corrected chi connectivity index (χ0v) is 12.2. The van der Waals surface area contributed by atoms with Gasteiger partial charge in [0.1, 0.15) is 0 Å². The second-order valence-electron chi connectivity index (χ2n) is 5.39. The molecule has 3 nitrogen and oxygen atoms in total. The smallest absolute Gasteiger partial charge is 0.0920 e. The highest BCUT2D eigenvalue weighted by Gasteiger charge is 2.21. The van der Waals surface area contributed by atoms with Gasteiger partial charge < -0.3 is 10.8 Å². The van der Waals surface area contributed by atoms with E-state index in [1.54, 1.807) is 13.8 Å². The number of hydrogen-bond donors (Lipinski definition) is 2. The number of aliphatic hydroxyl groups is 1. The topological polar surface area (TPSA) is 59.1 Å². The minimum Gasteiger partial charge on any atom is -0.398 e. The fourth-order valence-corrected chi connectivity index (χ4v) is 3.15. The number of nitrogens with two attached hydrogens (primary N) is 1. The van der Waals surface area contributed by atoms with Crippen molar-refractivity contribution in [3.63, 3.8) is 0 Å². The van der Waals surface area contributed by atoms with Crippen molar-refractivity contribution in [3.8, 4) is 11.3 Å². The number of nitrogen functional groups attached to an aromatic ring is 1. The van der Waals surface area contributed by atoms with E-state index in [0.29, 0.717) is 5.69 Å². The van der Waals surface area contributed by atoms with Gasteiger partial charge in [-0.05, 0) is 37.5 Å². The highest BCUT2D eigenvalue weighted by molar-refractivity contribution is 7.13. The molecule has 0 aliphatic carbocycles. The van der Waals surface area contributed by atoms with Crippen LogP contribution in [-0.4, -0.2) is 9.48 Å². The van der Waals surface area contributed by atoms with Crippen molar-refractivity contribution in [1.29, 1.82) is 0 Å². The highest BCUT2D eigenvalue weighted by atomic mass is 32.1. The van der Waals surface area contributed by atoms with Crippen molar-refractivity contribution >= 4 is 27.3 Å². The van der Waals surface area contributed by atoms with Crippen molar-refractivity contribution in [2.24, 2.45) is 0 Å². The van der Waals surface area contributed by atoms with Crippen LogP contribution < -0.4 is 5.73 Å². The van der Waals surface area contributed by atoms with Crippen LogP contribution in [0.1, 0.15) is 19.4 Å². The lowest BCUT2D eigenvalue weighted by Crippen LogP contribution is -2.17. The Morgan fingerprint density at radius 1 is 1.15 bits per heavy atom. The monoisotopic (exact) mass is 284 g/mol. The third-order valence-electron chi connectivity index (χ3n) is 3.35. The lowest BCUT2D eigenvalue weighted by molar-refractivity contribution is 0.0795. The second kappa shape index (κ2) is 4.58. The first-order valence-electron chi connectivity index (χ1n) is 6.44. The van der Waals surface area contributed by atoms with Crippen LogP contribution in [0.3, 0.4) is 0 Å². The molecular weight excluding hydrogens is 268 g/mol. The third-order valence-corrected chi connectivity index (χ3v) is 4.16. The van der Waals surface area contributed by atoms with Gasteiger partial charge in [0.05, 0.1) is 16.0 Å². The Balaban J connectivity index is 2.23. The summed E-state index contributed by atoms with van der Waals surface area (Å²) in [4.78, 5) is 0. The minimum atomic E-state index is -0.949. The Kier molecular flexibility index (Phi) is 3.00. The molecule has 3 rings (SSSR count). The number of benzene rings is 2. The highest BCUT2D eigenvalue weighted by Crippen LogP contribution is 2.36. The summed E-state index contributed by atoms with van der Waals surface area (Å²) in [5.41, 5.74) is 8.51. The van der Waals surface area contributed by atoms with Gasteiger partial charge in [-0.1, -0.05) is 30.3 Å². The first-order chi connectivity index (χ1) is 9.47. The van der Waals surface area contributed by atoms with Crippen molar-refractivity contribution in [2.45, 2.75) is 19.4 Å². The van der Waals surface area contributed by atoms with Crippen molar-refractivity contribution in [2.75, 3.05) is 5.73 Å². The molecule has 4 heteroatoms. The normalized spacial score (nSPS) is 11.9. The molecule has 0 saturated carbocycles. The van der Waals surface area contributed by atoms with Crippen LogP contribution in [0.25, 0.3) is 21.3 Å². The summed E-state index contributed by atoms with van der Waals surface area (Å²) >= 11 is 1.43. The van der Waals surface area contributed by atoms with Gasteiger partial charge in [0.2, 0.25) is 0 Å². The molecule has 3 N–H and O–H groups in total. The number of fused-ring (bicyclic) bond motifs is 1. The van der Waals surface area contributed by atoms with Crippen LogP contribution >= 0.6 is 11.5 Å². The van der Waals surface area contributed by atoms with Crippen molar-refractivity contribution in [3.05, 3.63) is 48.0 Å². The molecule has 0 aliphatic heterocycles. The van der Waals surface area contributed by atoms with Crippen LogP contribution in [0.5, 0.6) is 0 Å². The predicted molar refractivity (Wildman–Crippen MR) is 84.7 cm³/mol. The summed E-state index contributed by atoms with van der Waals surface area (Å²) in [5.74, 6) is 0. The van der Waals surface area contributed by atoms with Crippen LogP contribution in [0, 0.1) is 0 Å². The standard InChI is InChI=1S/C16H16N2OS/c1-16(2,19)12-9-14-11(8-13(12)17)15(18-20-14)10-6-4-3-5-7-10/h3-9,19H,17H2,1-2H3. The lowest BCUT2D eigenvalue weighted by atomic mass is 9.95. The molecule has 0 saturated heterocycles. The molecule has 3 aromatic rings. The average molecular weight is 284 g/mol. The van der Waals surface area contributed by atoms with E-state index < -0.39 is 5.60 Å². The van der Waals surface area contributed by atoms with Gasteiger partial charge in [0, 0.05) is 22.2 Å². The number of aromatic nitrogens is 1. The average Bonchev–Trinajstić information content (AvgIpc) is 2.80. The summed E-state index contributed by atoms with van der Waals surface area (Å²) < 4.78 is 5.57. The Labute approximate surface area is 121 Å². The Hall–Kier alpha value is -1.91. The van der Waals surface area contributed by atoms with E-state index >= 15 is 0 Å².